The molecule has 9 heteroatoms. The fraction of sp³-hybridized carbons (Fsp3) is 0.120. The molecule has 0 aliphatic carbocycles. The van der Waals surface area contributed by atoms with Crippen molar-refractivity contribution in [2.75, 3.05) is 0 Å². The lowest BCUT2D eigenvalue weighted by Gasteiger charge is -2.22. The number of aromatic hydroxyl groups is 1. The molecular weight excluding hydrogens is 434 g/mol. The van der Waals surface area contributed by atoms with E-state index in [4.69, 9.17) is 16.9 Å². The largest absolute Gasteiger partial charge is 0.508 e. The van der Waals surface area contributed by atoms with Crippen LogP contribution in [0.3, 0.4) is 0 Å². The fourth-order valence-electron chi connectivity index (χ4n) is 3.33. The molecule has 0 bridgehead atoms. The Morgan fingerprint density at radius 1 is 0.853 bits per heavy atom. The van der Waals surface area contributed by atoms with Crippen LogP contribution in [0.15, 0.2) is 78.9 Å². The maximum absolute atomic E-state index is 13.2. The van der Waals surface area contributed by atoms with Crippen molar-refractivity contribution in [3.8, 4) is 5.75 Å². The normalized spacial score (nSPS) is 12.2. The van der Waals surface area contributed by atoms with Crippen LogP contribution in [0.1, 0.15) is 33.1 Å². The minimum Gasteiger partial charge on any atom is -0.508 e. The molecule has 174 valence electrons. The Bertz CT molecular complexity index is 1200. The van der Waals surface area contributed by atoms with Crippen LogP contribution in [0.25, 0.3) is 0 Å². The highest BCUT2D eigenvalue weighted by Gasteiger charge is 2.27. The molecule has 2 atom stereocenters. The molecule has 0 aliphatic heterocycles. The van der Waals surface area contributed by atoms with Gasteiger partial charge in [0.25, 0.3) is 5.91 Å². The maximum Gasteiger partial charge on any atom is 0.252 e. The third-order valence-electron chi connectivity index (χ3n) is 5.14. The van der Waals surface area contributed by atoms with E-state index >= 15 is 0 Å². The van der Waals surface area contributed by atoms with E-state index in [9.17, 15) is 19.5 Å². The van der Waals surface area contributed by atoms with Crippen molar-refractivity contribution in [3.05, 3.63) is 101 Å². The van der Waals surface area contributed by atoms with Crippen molar-refractivity contribution in [3.63, 3.8) is 0 Å². The summed E-state index contributed by atoms with van der Waals surface area (Å²) >= 11 is 0. The third-order valence-corrected chi connectivity index (χ3v) is 5.14. The van der Waals surface area contributed by atoms with Gasteiger partial charge in [-0.25, -0.2) is 0 Å². The number of amides is 3. The average molecular weight is 460 g/mol. The van der Waals surface area contributed by atoms with Crippen molar-refractivity contribution >= 4 is 23.6 Å². The van der Waals surface area contributed by atoms with Gasteiger partial charge in [-0.1, -0.05) is 54.6 Å². The molecule has 3 aromatic rings. The molecule has 0 fully saturated rings. The molecule has 3 amide bonds. The Labute approximate surface area is 196 Å². The van der Waals surface area contributed by atoms with Gasteiger partial charge < -0.3 is 27.2 Å². The van der Waals surface area contributed by atoms with Crippen LogP contribution >= 0.6 is 0 Å². The molecule has 0 aliphatic rings. The Hall–Kier alpha value is -4.66. The van der Waals surface area contributed by atoms with Crippen molar-refractivity contribution in [2.45, 2.75) is 18.5 Å². The Kier molecular flexibility index (Phi) is 7.60. The molecule has 0 spiro atoms. The number of nitrogens with one attached hydrogen (secondary N) is 3. The van der Waals surface area contributed by atoms with Crippen LogP contribution in [-0.4, -0.2) is 34.7 Å². The number of benzene rings is 3. The summed E-state index contributed by atoms with van der Waals surface area (Å²) in [6, 6.07) is 18.8. The molecule has 8 N–H and O–H groups in total. The molecule has 0 radical (unpaired) electrons. The molecule has 3 aromatic carbocycles. The zero-order chi connectivity index (χ0) is 24.7. The third kappa shape index (κ3) is 6.19. The lowest BCUT2D eigenvalue weighted by Crippen LogP contribution is -2.50. The molecule has 0 unspecified atom stereocenters. The number of amidine groups is 1. The first-order chi connectivity index (χ1) is 16.2. The number of carbonyl (C=O) groups is 3. The number of phenolic OH excluding ortho intramolecular Hbond substituents is 1. The molecule has 0 saturated carbocycles. The molecule has 0 saturated heterocycles. The van der Waals surface area contributed by atoms with E-state index in [2.05, 4.69) is 10.6 Å². The van der Waals surface area contributed by atoms with Crippen LogP contribution < -0.4 is 22.1 Å². The molecule has 0 aromatic heterocycles. The first-order valence-corrected chi connectivity index (χ1v) is 10.4. The summed E-state index contributed by atoms with van der Waals surface area (Å²) in [6.07, 6.45) is 0.109. The van der Waals surface area contributed by atoms with E-state index in [1.807, 2.05) is 0 Å². The van der Waals surface area contributed by atoms with E-state index in [1.54, 1.807) is 60.7 Å². The van der Waals surface area contributed by atoms with Gasteiger partial charge in [-0.2, -0.15) is 0 Å². The summed E-state index contributed by atoms with van der Waals surface area (Å²) in [5.74, 6) is -2.03. The van der Waals surface area contributed by atoms with Gasteiger partial charge in [0, 0.05) is 17.5 Å². The smallest absolute Gasteiger partial charge is 0.252 e. The number of nitrogen functional groups attached to an aromatic ring is 1. The van der Waals surface area contributed by atoms with Gasteiger partial charge in [-0.3, -0.25) is 19.8 Å². The van der Waals surface area contributed by atoms with Crippen molar-refractivity contribution in [2.24, 2.45) is 11.5 Å². The maximum atomic E-state index is 13.2. The quantitative estimate of drug-likeness (QED) is 0.209. The summed E-state index contributed by atoms with van der Waals surface area (Å²) in [7, 11) is 0. The summed E-state index contributed by atoms with van der Waals surface area (Å²) < 4.78 is 0. The van der Waals surface area contributed by atoms with Crippen LogP contribution in [0.4, 0.5) is 0 Å². The van der Waals surface area contributed by atoms with Gasteiger partial charge in [0.2, 0.25) is 11.8 Å². The van der Waals surface area contributed by atoms with E-state index in [1.165, 1.54) is 18.2 Å². The number of phenols is 1. The average Bonchev–Trinajstić information content (AvgIpc) is 2.83. The number of nitrogens with two attached hydrogens (primary N) is 2. The predicted octanol–water partition coefficient (Wildman–Crippen LogP) is 1.36. The second kappa shape index (κ2) is 10.8. The highest BCUT2D eigenvalue weighted by molar-refractivity contribution is 6.01. The van der Waals surface area contributed by atoms with Crippen LogP contribution in [-0.2, 0) is 16.0 Å². The highest BCUT2D eigenvalue weighted by atomic mass is 16.3. The topological polar surface area (TPSA) is 171 Å². The zero-order valence-electron chi connectivity index (χ0n) is 18.2. The Morgan fingerprint density at radius 2 is 1.50 bits per heavy atom. The molecule has 3 rings (SSSR count). The van der Waals surface area contributed by atoms with Crippen molar-refractivity contribution in [1.29, 1.82) is 5.41 Å². The summed E-state index contributed by atoms with van der Waals surface area (Å²) in [6.45, 7) is 0. The zero-order valence-corrected chi connectivity index (χ0v) is 18.2. The minimum atomic E-state index is -1.11. The van der Waals surface area contributed by atoms with Crippen molar-refractivity contribution in [1.82, 2.24) is 10.6 Å². The second-order valence-electron chi connectivity index (χ2n) is 7.65. The first kappa shape index (κ1) is 24.0. The van der Waals surface area contributed by atoms with E-state index in [0.29, 0.717) is 16.7 Å². The SMILES string of the molecule is N=C(N)c1cccc(C(=O)N[C@@H](C(=O)N[C@H](Cc2ccc(O)cc2)C(N)=O)c2ccccc2)c1. The Balaban J connectivity index is 1.83. The fourth-order valence-corrected chi connectivity index (χ4v) is 3.33. The van der Waals surface area contributed by atoms with E-state index < -0.39 is 29.8 Å². The number of primary amides is 1. The van der Waals surface area contributed by atoms with Crippen LogP contribution in [0.2, 0.25) is 0 Å². The first-order valence-electron chi connectivity index (χ1n) is 10.4. The highest BCUT2D eigenvalue weighted by Crippen LogP contribution is 2.16. The molecule has 0 heterocycles. The van der Waals surface area contributed by atoms with E-state index in [-0.39, 0.29) is 23.6 Å². The Morgan fingerprint density at radius 3 is 2.12 bits per heavy atom. The summed E-state index contributed by atoms with van der Waals surface area (Å²) in [5, 5.41) is 22.3. The van der Waals surface area contributed by atoms with Gasteiger partial charge in [-0.05, 0) is 35.4 Å². The van der Waals surface area contributed by atoms with Crippen LogP contribution in [0.5, 0.6) is 5.75 Å². The second-order valence-corrected chi connectivity index (χ2v) is 7.65. The number of hydrogen-bond donors (Lipinski definition) is 6. The minimum absolute atomic E-state index is 0.0732. The van der Waals surface area contributed by atoms with Gasteiger partial charge in [0.05, 0.1) is 0 Å². The number of rotatable bonds is 9. The molecular formula is C25H25N5O4. The predicted molar refractivity (Wildman–Crippen MR) is 127 cm³/mol. The van der Waals surface area contributed by atoms with Gasteiger partial charge in [-0.15, -0.1) is 0 Å². The monoisotopic (exact) mass is 459 g/mol. The molecule has 9 nitrogen and oxygen atoms in total. The van der Waals surface area contributed by atoms with Gasteiger partial charge in [0.15, 0.2) is 0 Å². The summed E-state index contributed by atoms with van der Waals surface area (Å²) in [4.78, 5) is 38.2. The molecule has 34 heavy (non-hydrogen) atoms. The standard InChI is InChI=1S/C25H25N5O4/c26-22(27)17-7-4-8-18(14-17)24(33)30-21(16-5-2-1-3-6-16)25(34)29-20(23(28)32)13-15-9-11-19(31)12-10-15/h1-12,14,20-21,31H,13H2,(H3,26,27)(H2,28,32)(H,29,34)(H,30,33)/t20-,21-/m1/s1. The van der Waals surface area contributed by atoms with Gasteiger partial charge >= 0.3 is 0 Å². The van der Waals surface area contributed by atoms with Crippen molar-refractivity contribution < 1.29 is 19.5 Å². The van der Waals surface area contributed by atoms with Gasteiger partial charge in [0.1, 0.15) is 23.7 Å². The lowest BCUT2D eigenvalue weighted by atomic mass is 10.0. The van der Waals surface area contributed by atoms with Crippen LogP contribution in [0, 0.1) is 5.41 Å². The number of carbonyl (C=O) groups excluding carboxylic acids is 3. The summed E-state index contributed by atoms with van der Waals surface area (Å²) in [5.41, 5.74) is 12.8. The van der Waals surface area contributed by atoms with E-state index in [0.717, 1.165) is 0 Å². The number of hydrogen-bond acceptors (Lipinski definition) is 5. The lowest BCUT2D eigenvalue weighted by molar-refractivity contribution is -0.128.